The number of aromatic hydroxyl groups is 1. The summed E-state index contributed by atoms with van der Waals surface area (Å²) in [5.74, 6) is -0.672. The van der Waals surface area contributed by atoms with Gasteiger partial charge in [-0.3, -0.25) is 0 Å². The Kier molecular flexibility index (Phi) is 7.57. The fourth-order valence-electron chi connectivity index (χ4n) is 2.05. The van der Waals surface area contributed by atoms with Crippen LogP contribution in [-0.2, 0) is 4.79 Å². The van der Waals surface area contributed by atoms with Crippen LogP contribution in [0.3, 0.4) is 0 Å². The van der Waals surface area contributed by atoms with E-state index >= 15 is 0 Å². The first-order chi connectivity index (χ1) is 13.9. The number of carboxylic acid groups (broad SMARTS) is 1. The van der Waals surface area contributed by atoms with E-state index in [4.69, 9.17) is 24.9 Å². The molecule has 0 spiro atoms. The molecule has 3 rings (SSSR count). The SMILES string of the molecule is C[C@@H](Oc1ccc(Oc2ccc(C#N)cc2F)cc1)C(=O)O.Oc1ccccc1. The third-order valence-electron chi connectivity index (χ3n) is 3.53. The molecule has 0 amide bonds. The van der Waals surface area contributed by atoms with Gasteiger partial charge in [0.25, 0.3) is 0 Å². The molecule has 0 bridgehead atoms. The molecule has 0 aliphatic carbocycles. The number of hydrogen-bond acceptors (Lipinski definition) is 5. The molecule has 148 valence electrons. The van der Waals surface area contributed by atoms with E-state index in [9.17, 15) is 9.18 Å². The molecule has 3 aromatic rings. The quantitative estimate of drug-likeness (QED) is 0.648. The standard InChI is InChI=1S/C16H12FNO4.C6H6O/c1-10(16(19)20)21-12-3-5-13(6-4-12)22-15-7-2-11(9-18)8-14(15)17;7-6-4-2-1-3-5-6/h2-8,10H,1H3,(H,19,20);1-5,7H/t10-;/m1./s1. The molecule has 29 heavy (non-hydrogen) atoms. The van der Waals surface area contributed by atoms with Gasteiger partial charge in [0.1, 0.15) is 17.2 Å². The number of carboxylic acids is 1. The average Bonchev–Trinajstić information content (AvgIpc) is 2.72. The van der Waals surface area contributed by atoms with Gasteiger partial charge in [0, 0.05) is 0 Å². The maximum Gasteiger partial charge on any atom is 0.344 e. The van der Waals surface area contributed by atoms with Crippen LogP contribution >= 0.6 is 0 Å². The Morgan fingerprint density at radius 1 is 1.03 bits per heavy atom. The Hall–Kier alpha value is -4.05. The third kappa shape index (κ3) is 6.88. The van der Waals surface area contributed by atoms with Gasteiger partial charge in [-0.15, -0.1) is 0 Å². The second-order valence-corrected chi connectivity index (χ2v) is 5.76. The summed E-state index contributed by atoms with van der Waals surface area (Å²) in [6.07, 6.45) is -0.970. The number of hydrogen-bond donors (Lipinski definition) is 2. The lowest BCUT2D eigenvalue weighted by molar-refractivity contribution is -0.144. The van der Waals surface area contributed by atoms with E-state index in [1.54, 1.807) is 24.3 Å². The molecule has 1 atom stereocenters. The number of ether oxygens (including phenoxy) is 2. The molecular formula is C22H18FNO5. The Bertz CT molecular complexity index is 984. The van der Waals surface area contributed by atoms with E-state index < -0.39 is 17.9 Å². The van der Waals surface area contributed by atoms with Crippen LogP contribution < -0.4 is 9.47 Å². The van der Waals surface area contributed by atoms with E-state index in [1.807, 2.05) is 12.1 Å². The zero-order valence-corrected chi connectivity index (χ0v) is 15.4. The van der Waals surface area contributed by atoms with Crippen LogP contribution in [0.1, 0.15) is 12.5 Å². The lowest BCUT2D eigenvalue weighted by Gasteiger charge is -2.11. The highest BCUT2D eigenvalue weighted by atomic mass is 19.1. The maximum absolute atomic E-state index is 13.7. The Morgan fingerprint density at radius 2 is 1.66 bits per heavy atom. The number of aliphatic carboxylic acids is 1. The van der Waals surface area contributed by atoms with E-state index in [1.165, 1.54) is 43.3 Å². The minimum atomic E-state index is -1.07. The Balaban J connectivity index is 0.000000360. The van der Waals surface area contributed by atoms with Crippen LogP contribution in [0.15, 0.2) is 72.8 Å². The first-order valence-electron chi connectivity index (χ1n) is 8.50. The molecule has 0 saturated carbocycles. The van der Waals surface area contributed by atoms with Crippen LogP contribution in [0.2, 0.25) is 0 Å². The number of phenolic OH excluding ortho intramolecular Hbond substituents is 1. The number of nitriles is 1. The van der Waals surface area contributed by atoms with E-state index in [2.05, 4.69) is 0 Å². The maximum atomic E-state index is 13.7. The summed E-state index contributed by atoms with van der Waals surface area (Å²) in [5.41, 5.74) is 0.205. The number of nitrogens with zero attached hydrogens (tertiary/aromatic N) is 1. The van der Waals surface area contributed by atoms with Gasteiger partial charge < -0.3 is 19.7 Å². The van der Waals surface area contributed by atoms with Crippen LogP contribution in [0.4, 0.5) is 4.39 Å². The van der Waals surface area contributed by atoms with Crippen molar-refractivity contribution in [2.45, 2.75) is 13.0 Å². The van der Waals surface area contributed by atoms with Crippen molar-refractivity contribution in [3.63, 3.8) is 0 Å². The number of rotatable bonds is 5. The molecule has 0 fully saturated rings. The molecule has 0 aliphatic rings. The summed E-state index contributed by atoms with van der Waals surface area (Å²) in [4.78, 5) is 10.7. The smallest absolute Gasteiger partial charge is 0.344 e. The molecule has 6 nitrogen and oxygen atoms in total. The second-order valence-electron chi connectivity index (χ2n) is 5.76. The third-order valence-corrected chi connectivity index (χ3v) is 3.53. The average molecular weight is 395 g/mol. The van der Waals surface area contributed by atoms with Crippen LogP contribution in [-0.4, -0.2) is 22.3 Å². The number of para-hydroxylation sites is 1. The summed E-state index contributed by atoms with van der Waals surface area (Å²) < 4.78 is 24.2. The largest absolute Gasteiger partial charge is 0.508 e. The van der Waals surface area contributed by atoms with Crippen molar-refractivity contribution in [1.82, 2.24) is 0 Å². The van der Waals surface area contributed by atoms with Crippen molar-refractivity contribution in [3.8, 4) is 29.1 Å². The molecule has 0 radical (unpaired) electrons. The Labute approximate surface area is 167 Å². The first kappa shape index (κ1) is 21.3. The summed E-state index contributed by atoms with van der Waals surface area (Å²) in [6, 6.07) is 20.6. The normalized spacial score (nSPS) is 10.7. The topological polar surface area (TPSA) is 99.8 Å². The molecular weight excluding hydrogens is 377 g/mol. The van der Waals surface area contributed by atoms with Gasteiger partial charge >= 0.3 is 5.97 Å². The summed E-state index contributed by atoms with van der Waals surface area (Å²) in [6.45, 7) is 1.42. The van der Waals surface area contributed by atoms with Gasteiger partial charge in [-0.1, -0.05) is 18.2 Å². The van der Waals surface area contributed by atoms with Crippen molar-refractivity contribution in [1.29, 1.82) is 5.26 Å². The fraction of sp³-hybridized carbons (Fsp3) is 0.0909. The van der Waals surface area contributed by atoms with Crippen molar-refractivity contribution in [2.24, 2.45) is 0 Å². The van der Waals surface area contributed by atoms with Crippen LogP contribution in [0.5, 0.6) is 23.0 Å². The highest BCUT2D eigenvalue weighted by Crippen LogP contribution is 2.27. The number of benzene rings is 3. The highest BCUT2D eigenvalue weighted by Gasteiger charge is 2.12. The Morgan fingerprint density at radius 3 is 2.14 bits per heavy atom. The summed E-state index contributed by atoms with van der Waals surface area (Å²) in [7, 11) is 0. The van der Waals surface area contributed by atoms with Gasteiger partial charge in [-0.05, 0) is 61.5 Å². The summed E-state index contributed by atoms with van der Waals surface area (Å²) in [5, 5.41) is 26.1. The molecule has 0 saturated heterocycles. The van der Waals surface area contributed by atoms with Gasteiger partial charge in [-0.2, -0.15) is 5.26 Å². The van der Waals surface area contributed by atoms with Crippen LogP contribution in [0.25, 0.3) is 0 Å². The van der Waals surface area contributed by atoms with E-state index in [0.29, 0.717) is 17.2 Å². The van der Waals surface area contributed by atoms with E-state index in [-0.39, 0.29) is 11.3 Å². The highest BCUT2D eigenvalue weighted by molar-refractivity contribution is 5.72. The number of phenols is 1. The molecule has 0 aromatic heterocycles. The second kappa shape index (κ2) is 10.3. The molecule has 0 unspecified atom stereocenters. The van der Waals surface area contributed by atoms with Crippen LogP contribution in [0, 0.1) is 17.1 Å². The van der Waals surface area contributed by atoms with Gasteiger partial charge in [0.05, 0.1) is 11.6 Å². The molecule has 0 aliphatic heterocycles. The number of halogens is 1. The van der Waals surface area contributed by atoms with Gasteiger partial charge in [0.15, 0.2) is 17.7 Å². The molecule has 2 N–H and O–H groups in total. The zero-order chi connectivity index (χ0) is 21.2. The zero-order valence-electron chi connectivity index (χ0n) is 15.4. The van der Waals surface area contributed by atoms with E-state index in [0.717, 1.165) is 6.07 Å². The van der Waals surface area contributed by atoms with Crippen molar-refractivity contribution >= 4 is 5.97 Å². The molecule has 7 heteroatoms. The first-order valence-corrected chi connectivity index (χ1v) is 8.50. The molecule has 3 aromatic carbocycles. The van der Waals surface area contributed by atoms with Crippen molar-refractivity contribution in [3.05, 3.63) is 84.2 Å². The van der Waals surface area contributed by atoms with Gasteiger partial charge in [0.2, 0.25) is 0 Å². The minimum Gasteiger partial charge on any atom is -0.508 e. The van der Waals surface area contributed by atoms with Crippen molar-refractivity contribution in [2.75, 3.05) is 0 Å². The van der Waals surface area contributed by atoms with Crippen molar-refractivity contribution < 1.29 is 28.9 Å². The number of carbonyl (C=O) groups is 1. The summed E-state index contributed by atoms with van der Waals surface area (Å²) >= 11 is 0. The lowest BCUT2D eigenvalue weighted by Crippen LogP contribution is -2.22. The fourth-order valence-corrected chi connectivity index (χ4v) is 2.05. The lowest BCUT2D eigenvalue weighted by atomic mass is 10.2. The predicted molar refractivity (Wildman–Crippen MR) is 103 cm³/mol. The molecule has 0 heterocycles. The van der Waals surface area contributed by atoms with Gasteiger partial charge in [-0.25, -0.2) is 9.18 Å². The monoisotopic (exact) mass is 395 g/mol. The minimum absolute atomic E-state index is 0.00780. The predicted octanol–water partition coefficient (Wildman–Crippen LogP) is 4.73.